The first-order chi connectivity index (χ1) is 14.9. The number of aromatic nitrogens is 4. The Hall–Kier alpha value is -2.95. The van der Waals surface area contributed by atoms with Crippen molar-refractivity contribution in [3.05, 3.63) is 131 Å². The van der Waals surface area contributed by atoms with Crippen LogP contribution in [0, 0.1) is 0 Å². The van der Waals surface area contributed by atoms with Crippen molar-refractivity contribution < 1.29 is 17.4 Å². The fourth-order valence-corrected chi connectivity index (χ4v) is 2.54. The minimum absolute atomic E-state index is 0. The predicted molar refractivity (Wildman–Crippen MR) is 118 cm³/mol. The van der Waals surface area contributed by atoms with Gasteiger partial charge in [0.1, 0.15) is 0 Å². The molecular formula is C24H24CrN6. The SMILES string of the molecule is [Cr+2].c1ccc(C[N-]Cc2ccccn2)nc1.c1ccc(C[N-]Cc2ccccn2)nc1. The van der Waals surface area contributed by atoms with Crippen LogP contribution >= 0.6 is 0 Å². The van der Waals surface area contributed by atoms with Gasteiger partial charge in [0, 0.05) is 47.6 Å². The van der Waals surface area contributed by atoms with E-state index in [2.05, 4.69) is 30.6 Å². The van der Waals surface area contributed by atoms with Crippen LogP contribution in [-0.4, -0.2) is 19.9 Å². The van der Waals surface area contributed by atoms with Gasteiger partial charge in [-0.2, -0.15) is 0 Å². The summed E-state index contributed by atoms with van der Waals surface area (Å²) >= 11 is 0. The molecule has 4 aromatic heterocycles. The quantitative estimate of drug-likeness (QED) is 0.376. The van der Waals surface area contributed by atoms with Crippen molar-refractivity contribution in [2.24, 2.45) is 0 Å². The van der Waals surface area contributed by atoms with Crippen LogP contribution in [-0.2, 0) is 43.5 Å². The summed E-state index contributed by atoms with van der Waals surface area (Å²) in [5, 5.41) is 8.77. The number of pyridine rings is 4. The first-order valence-corrected chi connectivity index (χ1v) is 9.76. The molecule has 0 aliphatic carbocycles. The van der Waals surface area contributed by atoms with E-state index in [9.17, 15) is 0 Å². The Kier molecular flexibility index (Phi) is 11.7. The van der Waals surface area contributed by atoms with E-state index in [1.54, 1.807) is 24.8 Å². The topological polar surface area (TPSA) is 79.8 Å². The molecule has 0 amide bonds. The summed E-state index contributed by atoms with van der Waals surface area (Å²) in [4.78, 5) is 16.8. The molecule has 4 heterocycles. The maximum Gasteiger partial charge on any atom is 2.00 e. The van der Waals surface area contributed by atoms with Crippen molar-refractivity contribution in [2.45, 2.75) is 26.2 Å². The maximum absolute atomic E-state index is 4.39. The molecule has 0 aliphatic heterocycles. The summed E-state index contributed by atoms with van der Waals surface area (Å²) in [5.74, 6) is 0. The molecule has 4 rings (SSSR count). The molecule has 0 aromatic carbocycles. The Labute approximate surface area is 194 Å². The molecular weight excluding hydrogens is 424 g/mol. The van der Waals surface area contributed by atoms with Gasteiger partial charge in [0.25, 0.3) is 0 Å². The van der Waals surface area contributed by atoms with Gasteiger partial charge in [-0.1, -0.05) is 24.3 Å². The van der Waals surface area contributed by atoms with Crippen molar-refractivity contribution in [3.63, 3.8) is 0 Å². The molecule has 31 heavy (non-hydrogen) atoms. The van der Waals surface area contributed by atoms with Gasteiger partial charge in [-0.05, 0) is 48.5 Å². The van der Waals surface area contributed by atoms with E-state index >= 15 is 0 Å². The molecule has 0 aliphatic rings. The molecule has 0 saturated heterocycles. The molecule has 0 atom stereocenters. The first kappa shape index (κ1) is 24.3. The summed E-state index contributed by atoms with van der Waals surface area (Å²) in [7, 11) is 0. The molecule has 0 fully saturated rings. The monoisotopic (exact) mass is 448 g/mol. The standard InChI is InChI=1S/2C12H12N3.Cr/c2*1-3-7-14-11(5-1)9-13-10-12-6-2-4-8-15-12;/h2*1-8H,9-10H2;/q2*-1;+2. The second kappa shape index (κ2) is 14.9. The summed E-state index contributed by atoms with van der Waals surface area (Å²) in [6.07, 6.45) is 7.13. The average Bonchev–Trinajstić information content (AvgIpc) is 2.82. The smallest absolute Gasteiger partial charge is 0.652 e. The van der Waals surface area contributed by atoms with Crippen LogP contribution in [0.4, 0.5) is 0 Å². The van der Waals surface area contributed by atoms with Crippen LogP contribution < -0.4 is 0 Å². The summed E-state index contributed by atoms with van der Waals surface area (Å²) in [6.45, 7) is 2.60. The number of rotatable bonds is 8. The summed E-state index contributed by atoms with van der Waals surface area (Å²) in [5.41, 5.74) is 3.98. The Bertz CT molecular complexity index is 781. The molecule has 4 aromatic rings. The summed E-state index contributed by atoms with van der Waals surface area (Å²) < 4.78 is 0. The van der Waals surface area contributed by atoms with Crippen molar-refractivity contribution in [2.75, 3.05) is 0 Å². The molecule has 0 radical (unpaired) electrons. The number of nitrogens with zero attached hydrogens (tertiary/aromatic N) is 6. The molecule has 0 bridgehead atoms. The van der Waals surface area contributed by atoms with Gasteiger partial charge in [0.15, 0.2) is 0 Å². The predicted octanol–water partition coefficient (Wildman–Crippen LogP) is 5.10. The van der Waals surface area contributed by atoms with E-state index in [4.69, 9.17) is 0 Å². The third kappa shape index (κ3) is 10.1. The van der Waals surface area contributed by atoms with Gasteiger partial charge in [-0.3, -0.25) is 19.9 Å². The largest absolute Gasteiger partial charge is 2.00 e. The minimum Gasteiger partial charge on any atom is -0.652 e. The fraction of sp³-hybridized carbons (Fsp3) is 0.167. The third-order valence-electron chi connectivity index (χ3n) is 4.00. The third-order valence-corrected chi connectivity index (χ3v) is 4.00. The Morgan fingerprint density at radius 2 is 0.677 bits per heavy atom. The van der Waals surface area contributed by atoms with Crippen molar-refractivity contribution >= 4 is 0 Å². The van der Waals surface area contributed by atoms with Crippen molar-refractivity contribution in [3.8, 4) is 0 Å². The van der Waals surface area contributed by atoms with Crippen LogP contribution in [0.25, 0.3) is 10.6 Å². The molecule has 156 valence electrons. The van der Waals surface area contributed by atoms with Gasteiger partial charge in [0.2, 0.25) is 0 Å². The Balaban J connectivity index is 0.000000213. The van der Waals surface area contributed by atoms with Gasteiger partial charge < -0.3 is 10.6 Å². The molecule has 7 heteroatoms. The number of hydrogen-bond donors (Lipinski definition) is 0. The molecule has 0 saturated carbocycles. The Morgan fingerprint density at radius 3 is 0.871 bits per heavy atom. The van der Waals surface area contributed by atoms with E-state index in [1.165, 1.54) is 0 Å². The van der Waals surface area contributed by atoms with Crippen LogP contribution in [0.2, 0.25) is 0 Å². The summed E-state index contributed by atoms with van der Waals surface area (Å²) in [6, 6.07) is 23.4. The van der Waals surface area contributed by atoms with Crippen LogP contribution in [0.1, 0.15) is 22.8 Å². The zero-order chi connectivity index (χ0) is 20.7. The van der Waals surface area contributed by atoms with Crippen LogP contribution in [0.5, 0.6) is 0 Å². The van der Waals surface area contributed by atoms with E-state index in [0.717, 1.165) is 22.8 Å². The van der Waals surface area contributed by atoms with Gasteiger partial charge in [-0.15, -0.1) is 26.2 Å². The maximum atomic E-state index is 4.39. The van der Waals surface area contributed by atoms with E-state index in [-0.39, 0.29) is 17.4 Å². The van der Waals surface area contributed by atoms with Crippen molar-refractivity contribution in [1.29, 1.82) is 0 Å². The molecule has 6 nitrogen and oxygen atoms in total. The van der Waals surface area contributed by atoms with Crippen molar-refractivity contribution in [1.82, 2.24) is 19.9 Å². The minimum atomic E-state index is 0. The molecule has 0 spiro atoms. The molecule has 0 unspecified atom stereocenters. The average molecular weight is 448 g/mol. The zero-order valence-corrected chi connectivity index (χ0v) is 18.4. The number of hydrogen-bond acceptors (Lipinski definition) is 4. The zero-order valence-electron chi connectivity index (χ0n) is 17.2. The fourth-order valence-electron chi connectivity index (χ4n) is 2.54. The normalized spacial score (nSPS) is 9.81. The van der Waals surface area contributed by atoms with Crippen LogP contribution in [0.15, 0.2) is 97.6 Å². The second-order valence-electron chi connectivity index (χ2n) is 6.36. The Morgan fingerprint density at radius 1 is 0.419 bits per heavy atom. The van der Waals surface area contributed by atoms with E-state index in [0.29, 0.717) is 26.2 Å². The first-order valence-electron chi connectivity index (χ1n) is 9.76. The van der Waals surface area contributed by atoms with Gasteiger partial charge in [-0.25, -0.2) is 0 Å². The van der Waals surface area contributed by atoms with Crippen LogP contribution in [0.3, 0.4) is 0 Å². The molecule has 0 N–H and O–H groups in total. The van der Waals surface area contributed by atoms with Gasteiger partial charge >= 0.3 is 17.4 Å². The van der Waals surface area contributed by atoms with E-state index < -0.39 is 0 Å². The van der Waals surface area contributed by atoms with Gasteiger partial charge in [0.05, 0.1) is 0 Å². The second-order valence-corrected chi connectivity index (χ2v) is 6.36. The van der Waals surface area contributed by atoms with E-state index in [1.807, 2.05) is 72.8 Å².